The van der Waals surface area contributed by atoms with Gasteiger partial charge in [0.05, 0.1) is 19.8 Å². The lowest BCUT2D eigenvalue weighted by molar-refractivity contribution is -0.119. The quantitative estimate of drug-likeness (QED) is 0.791. The Balaban J connectivity index is 1.52. The van der Waals surface area contributed by atoms with Crippen LogP contribution in [0, 0.1) is 5.92 Å². The van der Waals surface area contributed by atoms with E-state index >= 15 is 0 Å². The third kappa shape index (κ3) is 5.03. The molecule has 25 heavy (non-hydrogen) atoms. The van der Waals surface area contributed by atoms with Gasteiger partial charge in [-0.3, -0.25) is 14.6 Å². The standard InChI is InChI=1S/C20H31N3O2/c1-17(2)23(19-6-4-3-5-7-19)20(24)16-22-9-8-18(15-22)14-21-10-12-25-13-11-21/h3-7,17-18H,8-16H2,1-2H3/t18-/m1/s1. The number of hydrogen-bond donors (Lipinski definition) is 0. The predicted molar refractivity (Wildman–Crippen MR) is 101 cm³/mol. The number of hydrogen-bond acceptors (Lipinski definition) is 4. The highest BCUT2D eigenvalue weighted by Gasteiger charge is 2.28. The summed E-state index contributed by atoms with van der Waals surface area (Å²) in [5, 5.41) is 0. The predicted octanol–water partition coefficient (Wildman–Crippen LogP) is 2.08. The molecule has 5 heteroatoms. The normalized spacial score (nSPS) is 22.4. The second-order valence-electron chi connectivity index (χ2n) is 7.50. The molecule has 1 atom stereocenters. The van der Waals surface area contributed by atoms with Crippen molar-refractivity contribution in [3.05, 3.63) is 30.3 Å². The smallest absolute Gasteiger partial charge is 0.241 e. The first-order valence-electron chi connectivity index (χ1n) is 9.53. The van der Waals surface area contributed by atoms with Gasteiger partial charge in [-0.05, 0) is 44.9 Å². The SMILES string of the molecule is CC(C)N(C(=O)CN1CC[C@H](CN2CCOCC2)C1)c1ccccc1. The monoisotopic (exact) mass is 345 g/mol. The highest BCUT2D eigenvalue weighted by atomic mass is 16.5. The summed E-state index contributed by atoms with van der Waals surface area (Å²) in [6, 6.07) is 10.2. The lowest BCUT2D eigenvalue weighted by Crippen LogP contribution is -2.44. The van der Waals surface area contributed by atoms with Crippen molar-refractivity contribution in [3.63, 3.8) is 0 Å². The molecule has 2 aliphatic rings. The Kier molecular flexibility index (Phi) is 6.45. The molecule has 5 nitrogen and oxygen atoms in total. The van der Waals surface area contributed by atoms with Crippen molar-refractivity contribution in [1.82, 2.24) is 9.80 Å². The van der Waals surface area contributed by atoms with E-state index in [2.05, 4.69) is 23.6 Å². The second kappa shape index (κ2) is 8.79. The summed E-state index contributed by atoms with van der Waals surface area (Å²) in [6.45, 7) is 11.7. The Bertz CT molecular complexity index is 543. The van der Waals surface area contributed by atoms with E-state index in [4.69, 9.17) is 4.74 Å². The number of ether oxygens (including phenoxy) is 1. The number of morpholine rings is 1. The zero-order chi connectivity index (χ0) is 17.6. The minimum atomic E-state index is 0.168. The number of anilines is 1. The van der Waals surface area contributed by atoms with Gasteiger partial charge in [-0.15, -0.1) is 0 Å². The van der Waals surface area contributed by atoms with Crippen molar-refractivity contribution in [1.29, 1.82) is 0 Å². The van der Waals surface area contributed by atoms with Gasteiger partial charge in [-0.2, -0.15) is 0 Å². The minimum absolute atomic E-state index is 0.168. The fourth-order valence-electron chi connectivity index (χ4n) is 3.94. The van der Waals surface area contributed by atoms with E-state index in [9.17, 15) is 4.79 Å². The molecule has 0 aliphatic carbocycles. The highest BCUT2D eigenvalue weighted by molar-refractivity contribution is 5.95. The lowest BCUT2D eigenvalue weighted by Gasteiger charge is -2.30. The molecule has 0 N–H and O–H groups in total. The van der Waals surface area contributed by atoms with Crippen molar-refractivity contribution >= 4 is 11.6 Å². The molecule has 2 fully saturated rings. The molecule has 2 saturated heterocycles. The molecule has 2 aliphatic heterocycles. The molecule has 0 radical (unpaired) electrons. The van der Waals surface area contributed by atoms with Crippen LogP contribution in [0.1, 0.15) is 20.3 Å². The molecule has 1 amide bonds. The Morgan fingerprint density at radius 2 is 1.88 bits per heavy atom. The van der Waals surface area contributed by atoms with Crippen molar-refractivity contribution < 1.29 is 9.53 Å². The third-order valence-electron chi connectivity index (χ3n) is 5.17. The zero-order valence-electron chi connectivity index (χ0n) is 15.6. The Morgan fingerprint density at radius 3 is 2.56 bits per heavy atom. The Hall–Kier alpha value is -1.43. The van der Waals surface area contributed by atoms with E-state index in [-0.39, 0.29) is 11.9 Å². The molecule has 3 rings (SSSR count). The first-order chi connectivity index (χ1) is 12.1. The molecule has 1 aromatic carbocycles. The maximum absolute atomic E-state index is 12.9. The van der Waals surface area contributed by atoms with Gasteiger partial charge < -0.3 is 9.64 Å². The van der Waals surface area contributed by atoms with Crippen LogP contribution in [-0.4, -0.2) is 74.2 Å². The van der Waals surface area contributed by atoms with Gasteiger partial charge >= 0.3 is 0 Å². The van der Waals surface area contributed by atoms with Gasteiger partial charge in [0, 0.05) is 37.9 Å². The molecule has 0 saturated carbocycles. The van der Waals surface area contributed by atoms with Crippen LogP contribution < -0.4 is 4.90 Å². The summed E-state index contributed by atoms with van der Waals surface area (Å²) in [7, 11) is 0. The first-order valence-corrected chi connectivity index (χ1v) is 9.53. The van der Waals surface area contributed by atoms with Crippen LogP contribution in [0.5, 0.6) is 0 Å². The topological polar surface area (TPSA) is 36.0 Å². The average Bonchev–Trinajstić information content (AvgIpc) is 3.03. The van der Waals surface area contributed by atoms with E-state index in [1.165, 1.54) is 6.42 Å². The van der Waals surface area contributed by atoms with E-state index < -0.39 is 0 Å². The Labute approximate surface area is 151 Å². The number of carbonyl (C=O) groups is 1. The van der Waals surface area contributed by atoms with Crippen molar-refractivity contribution in [2.24, 2.45) is 5.92 Å². The van der Waals surface area contributed by atoms with E-state index in [1.807, 2.05) is 35.2 Å². The summed E-state index contributed by atoms with van der Waals surface area (Å²) in [6.07, 6.45) is 1.19. The summed E-state index contributed by atoms with van der Waals surface area (Å²) in [5.41, 5.74) is 0.992. The first kappa shape index (κ1) is 18.4. The number of likely N-dealkylation sites (tertiary alicyclic amines) is 1. The largest absolute Gasteiger partial charge is 0.379 e. The van der Waals surface area contributed by atoms with Crippen LogP contribution in [0.3, 0.4) is 0 Å². The highest BCUT2D eigenvalue weighted by Crippen LogP contribution is 2.21. The maximum Gasteiger partial charge on any atom is 0.241 e. The molecule has 0 bridgehead atoms. The van der Waals surface area contributed by atoms with Crippen molar-refractivity contribution in [2.75, 3.05) is 57.4 Å². The minimum Gasteiger partial charge on any atom is -0.379 e. The summed E-state index contributed by atoms with van der Waals surface area (Å²) in [5.74, 6) is 0.878. The van der Waals surface area contributed by atoms with Crippen molar-refractivity contribution in [3.8, 4) is 0 Å². The fraction of sp³-hybridized carbons (Fsp3) is 0.650. The van der Waals surface area contributed by atoms with Gasteiger partial charge in [0.15, 0.2) is 0 Å². The zero-order valence-corrected chi connectivity index (χ0v) is 15.6. The van der Waals surface area contributed by atoms with Crippen LogP contribution in [-0.2, 0) is 9.53 Å². The molecule has 0 spiro atoms. The number of amides is 1. The average molecular weight is 345 g/mol. The van der Waals surface area contributed by atoms with Crippen LogP contribution in [0.25, 0.3) is 0 Å². The molecular formula is C20H31N3O2. The van der Waals surface area contributed by atoms with Crippen LogP contribution in [0.2, 0.25) is 0 Å². The van der Waals surface area contributed by atoms with Crippen LogP contribution in [0.4, 0.5) is 5.69 Å². The van der Waals surface area contributed by atoms with Gasteiger partial charge in [0.25, 0.3) is 0 Å². The number of carbonyl (C=O) groups excluding carboxylic acids is 1. The van der Waals surface area contributed by atoms with Gasteiger partial charge in [-0.1, -0.05) is 18.2 Å². The molecule has 138 valence electrons. The van der Waals surface area contributed by atoms with E-state index in [0.717, 1.165) is 51.6 Å². The van der Waals surface area contributed by atoms with Crippen LogP contribution >= 0.6 is 0 Å². The van der Waals surface area contributed by atoms with E-state index in [1.54, 1.807) is 0 Å². The molecular weight excluding hydrogens is 314 g/mol. The van der Waals surface area contributed by atoms with Crippen molar-refractivity contribution in [2.45, 2.75) is 26.3 Å². The number of nitrogens with zero attached hydrogens (tertiary/aromatic N) is 3. The molecule has 0 unspecified atom stereocenters. The number of para-hydroxylation sites is 1. The third-order valence-corrected chi connectivity index (χ3v) is 5.17. The second-order valence-corrected chi connectivity index (χ2v) is 7.50. The summed E-state index contributed by atoms with van der Waals surface area (Å²) >= 11 is 0. The van der Waals surface area contributed by atoms with Gasteiger partial charge in [0.1, 0.15) is 0 Å². The van der Waals surface area contributed by atoms with E-state index in [0.29, 0.717) is 12.5 Å². The fourth-order valence-corrected chi connectivity index (χ4v) is 3.94. The van der Waals surface area contributed by atoms with Gasteiger partial charge in [-0.25, -0.2) is 0 Å². The summed E-state index contributed by atoms with van der Waals surface area (Å²) < 4.78 is 5.43. The lowest BCUT2D eigenvalue weighted by atomic mass is 10.1. The maximum atomic E-state index is 12.9. The van der Waals surface area contributed by atoms with Gasteiger partial charge in [0.2, 0.25) is 5.91 Å². The molecule has 2 heterocycles. The molecule has 1 aromatic rings. The number of benzene rings is 1. The number of rotatable bonds is 6. The summed E-state index contributed by atoms with van der Waals surface area (Å²) in [4.78, 5) is 19.7. The molecule has 0 aromatic heterocycles. The Morgan fingerprint density at radius 1 is 1.16 bits per heavy atom. The van der Waals surface area contributed by atoms with Crippen LogP contribution in [0.15, 0.2) is 30.3 Å².